The minimum absolute atomic E-state index is 0.0649. The maximum Gasteiger partial charge on any atom is 0.149 e. The number of nitriles is 1. The first-order valence-corrected chi connectivity index (χ1v) is 6.01. The van der Waals surface area contributed by atoms with Gasteiger partial charge in [-0.2, -0.15) is 5.26 Å². The number of nitrogens with one attached hydrogen (secondary N) is 1. The predicted molar refractivity (Wildman–Crippen MR) is 72.9 cm³/mol. The Hall–Kier alpha value is -2.13. The standard InChI is InChI=1S/C13H8BrF2N3/c14-8-4-12(10(16)5-9(8)15)19-13-3-7(6-17)1-2-11(13)18/h1-5,19H,18H2. The zero-order valence-corrected chi connectivity index (χ0v) is 11.1. The minimum atomic E-state index is -0.748. The van der Waals surface area contributed by atoms with Crippen molar-refractivity contribution in [3.63, 3.8) is 0 Å². The Morgan fingerprint density at radius 1 is 1.11 bits per heavy atom. The molecule has 2 aromatic rings. The van der Waals surface area contributed by atoms with E-state index in [9.17, 15) is 8.78 Å². The van der Waals surface area contributed by atoms with Gasteiger partial charge in [-0.1, -0.05) is 0 Å². The Balaban J connectivity index is 2.42. The van der Waals surface area contributed by atoms with Crippen LogP contribution in [0.3, 0.4) is 0 Å². The molecule has 0 aliphatic heterocycles. The fourth-order valence-corrected chi connectivity index (χ4v) is 1.84. The normalized spacial score (nSPS) is 10.0. The number of anilines is 3. The third-order valence-corrected chi connectivity index (χ3v) is 3.07. The van der Waals surface area contributed by atoms with E-state index in [1.807, 2.05) is 6.07 Å². The molecule has 0 fully saturated rings. The number of nitrogens with zero attached hydrogens (tertiary/aromatic N) is 1. The van der Waals surface area contributed by atoms with Crippen molar-refractivity contribution in [3.8, 4) is 6.07 Å². The third kappa shape index (κ3) is 2.83. The first kappa shape index (κ1) is 13.3. The molecule has 0 aliphatic carbocycles. The average molecular weight is 324 g/mol. The molecule has 0 heterocycles. The molecule has 0 bridgehead atoms. The van der Waals surface area contributed by atoms with Gasteiger partial charge in [0.1, 0.15) is 11.6 Å². The van der Waals surface area contributed by atoms with Gasteiger partial charge in [0.25, 0.3) is 0 Å². The van der Waals surface area contributed by atoms with Crippen LogP contribution in [0.4, 0.5) is 25.8 Å². The number of nitrogens with two attached hydrogens (primary N) is 1. The second-order valence-electron chi connectivity index (χ2n) is 3.78. The van der Waals surface area contributed by atoms with Crippen LogP contribution < -0.4 is 11.1 Å². The molecule has 19 heavy (non-hydrogen) atoms. The predicted octanol–water partition coefficient (Wildman–Crippen LogP) is 3.92. The maximum absolute atomic E-state index is 13.6. The minimum Gasteiger partial charge on any atom is -0.397 e. The van der Waals surface area contributed by atoms with E-state index in [1.165, 1.54) is 18.2 Å². The SMILES string of the molecule is N#Cc1ccc(N)c(Nc2cc(Br)c(F)cc2F)c1. The van der Waals surface area contributed by atoms with Crippen LogP contribution in [0, 0.1) is 23.0 Å². The van der Waals surface area contributed by atoms with E-state index in [-0.39, 0.29) is 10.2 Å². The van der Waals surface area contributed by atoms with Crippen LogP contribution in [0.25, 0.3) is 0 Å². The van der Waals surface area contributed by atoms with Gasteiger partial charge in [-0.3, -0.25) is 0 Å². The van der Waals surface area contributed by atoms with Gasteiger partial charge in [-0.15, -0.1) is 0 Å². The summed E-state index contributed by atoms with van der Waals surface area (Å²) in [6, 6.07) is 8.57. The number of hydrogen-bond donors (Lipinski definition) is 2. The fourth-order valence-electron chi connectivity index (χ4n) is 1.50. The Morgan fingerprint density at radius 3 is 2.53 bits per heavy atom. The van der Waals surface area contributed by atoms with Gasteiger partial charge in [0.2, 0.25) is 0 Å². The monoisotopic (exact) mass is 323 g/mol. The summed E-state index contributed by atoms with van der Waals surface area (Å²) >= 11 is 2.97. The Bertz CT molecular complexity index is 680. The number of nitrogen functional groups attached to an aromatic ring is 1. The molecule has 0 atom stereocenters. The molecule has 3 N–H and O–H groups in total. The van der Waals surface area contributed by atoms with Gasteiger partial charge >= 0.3 is 0 Å². The van der Waals surface area contributed by atoms with Crippen molar-refractivity contribution in [1.29, 1.82) is 5.26 Å². The van der Waals surface area contributed by atoms with Crippen LogP contribution in [-0.2, 0) is 0 Å². The first-order chi connectivity index (χ1) is 9.01. The van der Waals surface area contributed by atoms with Crippen LogP contribution >= 0.6 is 15.9 Å². The van der Waals surface area contributed by atoms with Crippen molar-refractivity contribution in [3.05, 3.63) is 52.0 Å². The fraction of sp³-hybridized carbons (Fsp3) is 0. The highest BCUT2D eigenvalue weighted by Gasteiger charge is 2.10. The molecule has 0 radical (unpaired) electrons. The van der Waals surface area contributed by atoms with E-state index in [0.717, 1.165) is 6.07 Å². The summed E-state index contributed by atoms with van der Waals surface area (Å²) in [5, 5.41) is 11.5. The van der Waals surface area contributed by atoms with E-state index in [2.05, 4.69) is 21.2 Å². The summed E-state index contributed by atoms with van der Waals surface area (Å²) in [6.45, 7) is 0. The number of benzene rings is 2. The Kier molecular flexibility index (Phi) is 3.67. The molecule has 96 valence electrons. The van der Waals surface area contributed by atoms with Crippen molar-refractivity contribution in [2.75, 3.05) is 11.1 Å². The average Bonchev–Trinajstić information content (AvgIpc) is 2.38. The van der Waals surface area contributed by atoms with Crippen molar-refractivity contribution < 1.29 is 8.78 Å². The van der Waals surface area contributed by atoms with Crippen LogP contribution in [0.2, 0.25) is 0 Å². The molecule has 0 amide bonds. The van der Waals surface area contributed by atoms with Crippen molar-refractivity contribution in [2.45, 2.75) is 0 Å². The van der Waals surface area contributed by atoms with Crippen molar-refractivity contribution in [2.24, 2.45) is 0 Å². The molecule has 0 saturated carbocycles. The Morgan fingerprint density at radius 2 is 1.84 bits per heavy atom. The molecule has 3 nitrogen and oxygen atoms in total. The van der Waals surface area contributed by atoms with Gasteiger partial charge in [0.15, 0.2) is 0 Å². The van der Waals surface area contributed by atoms with Crippen molar-refractivity contribution >= 4 is 33.0 Å². The topological polar surface area (TPSA) is 61.8 Å². The summed E-state index contributed by atoms with van der Waals surface area (Å²) in [5.74, 6) is -1.44. The summed E-state index contributed by atoms with van der Waals surface area (Å²) < 4.78 is 26.8. The second kappa shape index (κ2) is 5.24. The highest BCUT2D eigenvalue weighted by atomic mass is 79.9. The lowest BCUT2D eigenvalue weighted by Crippen LogP contribution is -1.99. The highest BCUT2D eigenvalue weighted by molar-refractivity contribution is 9.10. The first-order valence-electron chi connectivity index (χ1n) is 5.22. The zero-order valence-electron chi connectivity index (χ0n) is 9.55. The number of halogens is 3. The second-order valence-corrected chi connectivity index (χ2v) is 4.64. The highest BCUT2D eigenvalue weighted by Crippen LogP contribution is 2.29. The molecule has 6 heteroatoms. The quantitative estimate of drug-likeness (QED) is 0.650. The molecule has 2 rings (SSSR count). The summed E-state index contributed by atoms with van der Waals surface area (Å²) in [5.41, 5.74) is 6.93. The van der Waals surface area contributed by atoms with Gasteiger partial charge < -0.3 is 11.1 Å². The molecule has 0 unspecified atom stereocenters. The van der Waals surface area contributed by atoms with Gasteiger partial charge in [-0.25, -0.2) is 8.78 Å². The van der Waals surface area contributed by atoms with Crippen molar-refractivity contribution in [1.82, 2.24) is 0 Å². The van der Waals surface area contributed by atoms with Crippen LogP contribution in [0.5, 0.6) is 0 Å². The number of rotatable bonds is 2. The largest absolute Gasteiger partial charge is 0.397 e. The van der Waals surface area contributed by atoms with Gasteiger partial charge in [-0.05, 0) is 40.2 Å². The molecular formula is C13H8BrF2N3. The molecule has 2 aromatic carbocycles. The Labute approximate surface area is 116 Å². The van der Waals surface area contributed by atoms with E-state index in [1.54, 1.807) is 6.07 Å². The third-order valence-electron chi connectivity index (χ3n) is 2.46. The van der Waals surface area contributed by atoms with Gasteiger partial charge in [0, 0.05) is 6.07 Å². The smallest absolute Gasteiger partial charge is 0.149 e. The van der Waals surface area contributed by atoms with Crippen LogP contribution in [-0.4, -0.2) is 0 Å². The lowest BCUT2D eigenvalue weighted by atomic mass is 10.2. The molecular weight excluding hydrogens is 316 g/mol. The molecule has 0 spiro atoms. The van der Waals surface area contributed by atoms with E-state index >= 15 is 0 Å². The van der Waals surface area contributed by atoms with E-state index < -0.39 is 11.6 Å². The lowest BCUT2D eigenvalue weighted by molar-refractivity contribution is 0.581. The van der Waals surface area contributed by atoms with E-state index in [4.69, 9.17) is 11.0 Å². The molecule has 0 aliphatic rings. The van der Waals surface area contributed by atoms with Crippen LogP contribution in [0.1, 0.15) is 5.56 Å². The molecule has 0 aromatic heterocycles. The summed E-state index contributed by atoms with van der Waals surface area (Å²) in [7, 11) is 0. The maximum atomic E-state index is 13.6. The number of hydrogen-bond acceptors (Lipinski definition) is 3. The zero-order chi connectivity index (χ0) is 14.0. The van der Waals surface area contributed by atoms with E-state index in [0.29, 0.717) is 16.9 Å². The lowest BCUT2D eigenvalue weighted by Gasteiger charge is -2.11. The molecule has 0 saturated heterocycles. The van der Waals surface area contributed by atoms with Gasteiger partial charge in [0.05, 0.1) is 33.2 Å². The van der Waals surface area contributed by atoms with Crippen LogP contribution in [0.15, 0.2) is 34.8 Å². The summed E-state index contributed by atoms with van der Waals surface area (Å²) in [6.07, 6.45) is 0. The summed E-state index contributed by atoms with van der Waals surface area (Å²) in [4.78, 5) is 0.